The van der Waals surface area contributed by atoms with E-state index in [2.05, 4.69) is 9.98 Å². The van der Waals surface area contributed by atoms with E-state index in [4.69, 9.17) is 4.74 Å². The number of ether oxygens (including phenoxy) is 1. The van der Waals surface area contributed by atoms with Gasteiger partial charge in [0.25, 0.3) is 0 Å². The van der Waals surface area contributed by atoms with Crippen LogP contribution in [0.3, 0.4) is 0 Å². The first-order valence-corrected chi connectivity index (χ1v) is 13.0. The molecule has 10 nitrogen and oxygen atoms in total. The van der Waals surface area contributed by atoms with E-state index in [0.29, 0.717) is 12.3 Å². The Morgan fingerprint density at radius 3 is 2.49 bits per heavy atom. The van der Waals surface area contributed by atoms with E-state index in [-0.39, 0.29) is 49.1 Å². The smallest absolute Gasteiger partial charge is 0.446 e. The van der Waals surface area contributed by atoms with Gasteiger partial charge in [0.1, 0.15) is 0 Å². The third-order valence-corrected chi connectivity index (χ3v) is 6.96. The van der Waals surface area contributed by atoms with E-state index in [9.17, 15) is 26.7 Å². The van der Waals surface area contributed by atoms with Crippen LogP contribution in [0.5, 0.6) is 0 Å². The van der Waals surface area contributed by atoms with Crippen LogP contribution in [0, 0.1) is 5.92 Å². The van der Waals surface area contributed by atoms with Crippen molar-refractivity contribution < 1.29 is 36.0 Å². The Balaban J connectivity index is 1.44. The lowest BCUT2D eigenvalue weighted by Crippen LogP contribution is -2.54. The van der Waals surface area contributed by atoms with Gasteiger partial charge in [0.05, 0.1) is 30.2 Å². The van der Waals surface area contributed by atoms with Gasteiger partial charge in [0.2, 0.25) is 11.5 Å². The molecule has 0 spiro atoms. The second-order valence-corrected chi connectivity index (χ2v) is 9.93. The molecule has 3 amide bonds. The topological polar surface area (TPSA) is 126 Å². The van der Waals surface area contributed by atoms with Gasteiger partial charge in [0, 0.05) is 12.3 Å². The number of amidine groups is 2. The molecular weight excluding hydrogens is 479 g/mol. The van der Waals surface area contributed by atoms with Gasteiger partial charge in [-0.2, -0.15) is 17.9 Å². The molecular formula is C23H26FN4O6S+. The summed E-state index contributed by atoms with van der Waals surface area (Å²) in [6.07, 6.45) is 4.95. The first kappa shape index (κ1) is 24.8. The molecule has 4 rings (SSSR count). The number of amides is 3. The number of hydrogen-bond acceptors (Lipinski definition) is 8. The summed E-state index contributed by atoms with van der Waals surface area (Å²) in [6.45, 7) is 2.26. The van der Waals surface area contributed by atoms with Crippen molar-refractivity contribution in [2.75, 3.05) is 19.7 Å². The van der Waals surface area contributed by atoms with Gasteiger partial charge in [0.15, 0.2) is 0 Å². The number of carbonyl (C=O) groups excluding carboxylic acids is 3. The number of imide groups is 1. The number of fused-ring (bicyclic) bond motifs is 1. The highest BCUT2D eigenvalue weighted by Crippen LogP contribution is 2.29. The fraction of sp³-hybridized carbons (Fsp3) is 0.478. The maximum Gasteiger partial charge on any atom is 0.446 e. The molecule has 1 aromatic carbocycles. The molecule has 2 aliphatic heterocycles. The highest BCUT2D eigenvalue weighted by atomic mass is 32.3. The van der Waals surface area contributed by atoms with E-state index >= 15 is 0 Å². The normalized spacial score (nSPS) is 18.6. The minimum Gasteiger partial charge on any atom is -0.462 e. The van der Waals surface area contributed by atoms with Gasteiger partial charge in [-0.05, 0) is 43.5 Å². The quantitative estimate of drug-likeness (QED) is 0.220. The zero-order valence-corrected chi connectivity index (χ0v) is 20.1. The highest BCUT2D eigenvalue weighted by molar-refractivity contribution is 7.86. The van der Waals surface area contributed by atoms with Crippen LogP contribution in [0.25, 0.3) is 0 Å². The first-order chi connectivity index (χ1) is 16.7. The molecule has 186 valence electrons. The van der Waals surface area contributed by atoms with Crippen LogP contribution in [0.1, 0.15) is 55.8 Å². The van der Waals surface area contributed by atoms with Crippen LogP contribution in [-0.4, -0.2) is 72.9 Å². The molecule has 0 unspecified atom stereocenters. The molecule has 0 aromatic heterocycles. The second kappa shape index (κ2) is 10.1. The van der Waals surface area contributed by atoms with Crippen LogP contribution in [0.2, 0.25) is 0 Å². The molecule has 35 heavy (non-hydrogen) atoms. The van der Waals surface area contributed by atoms with Gasteiger partial charge in [-0.1, -0.05) is 24.8 Å². The van der Waals surface area contributed by atoms with Gasteiger partial charge in [-0.15, -0.1) is 3.89 Å². The van der Waals surface area contributed by atoms with Gasteiger partial charge < -0.3 is 4.74 Å². The summed E-state index contributed by atoms with van der Waals surface area (Å²) in [5.41, 5.74) is 0.247. The minimum atomic E-state index is -4.85. The van der Waals surface area contributed by atoms with Crippen LogP contribution in [-0.2, 0) is 19.8 Å². The molecule has 1 saturated carbocycles. The van der Waals surface area contributed by atoms with Crippen molar-refractivity contribution >= 4 is 45.5 Å². The zero-order chi connectivity index (χ0) is 25.2. The van der Waals surface area contributed by atoms with Crippen LogP contribution in [0.15, 0.2) is 39.1 Å². The average Bonchev–Trinajstić information content (AvgIpc) is 3.51. The van der Waals surface area contributed by atoms with Crippen LogP contribution in [0.4, 0.5) is 8.68 Å². The van der Waals surface area contributed by atoms with Gasteiger partial charge in [-0.3, -0.25) is 0 Å². The number of urea groups is 1. The number of nitrogens with zero attached hydrogens (tertiary/aromatic N) is 4. The third kappa shape index (κ3) is 5.21. The average molecular weight is 506 g/mol. The Hall–Kier alpha value is -3.28. The largest absolute Gasteiger partial charge is 0.462 e. The first-order valence-electron chi connectivity index (χ1n) is 11.6. The van der Waals surface area contributed by atoms with E-state index < -0.39 is 33.0 Å². The molecule has 0 saturated heterocycles. The Morgan fingerprint density at radius 1 is 1.17 bits per heavy atom. The number of hydrogen-bond donors (Lipinski definition) is 0. The van der Waals surface area contributed by atoms with Crippen molar-refractivity contribution in [1.82, 2.24) is 4.90 Å². The van der Waals surface area contributed by atoms with Crippen molar-refractivity contribution in [2.45, 2.75) is 50.3 Å². The van der Waals surface area contributed by atoms with E-state index in [0.717, 1.165) is 49.9 Å². The fourth-order valence-electron chi connectivity index (χ4n) is 4.35. The predicted molar refractivity (Wildman–Crippen MR) is 124 cm³/mol. The van der Waals surface area contributed by atoms with Crippen LogP contribution < -0.4 is 0 Å². The Kier molecular flexibility index (Phi) is 7.20. The number of carbonyl (C=O) groups is 3. The Morgan fingerprint density at radius 2 is 1.86 bits per heavy atom. The molecule has 0 bridgehead atoms. The molecule has 0 radical (unpaired) electrons. The van der Waals surface area contributed by atoms with Gasteiger partial charge in [-0.25, -0.2) is 19.4 Å². The summed E-state index contributed by atoms with van der Waals surface area (Å²) in [6, 6.07) is 3.81. The molecule has 3 aliphatic rings. The maximum atomic E-state index is 13.1. The van der Waals surface area contributed by atoms with Crippen molar-refractivity contribution in [1.29, 1.82) is 0 Å². The Labute approximate surface area is 202 Å². The number of halogens is 1. The summed E-state index contributed by atoms with van der Waals surface area (Å²) in [4.78, 5) is 47.9. The molecule has 0 atom stereocenters. The molecule has 2 heterocycles. The van der Waals surface area contributed by atoms with Crippen molar-refractivity contribution in [2.24, 2.45) is 15.9 Å². The van der Waals surface area contributed by atoms with E-state index in [1.54, 1.807) is 0 Å². The lowest BCUT2D eigenvalue weighted by Gasteiger charge is -2.21. The van der Waals surface area contributed by atoms with Crippen molar-refractivity contribution in [3.63, 3.8) is 0 Å². The minimum absolute atomic E-state index is 0.0353. The molecule has 1 aromatic rings. The standard InChI is InChI=1S/C23H26FN4O6S/c1-2-12-28-21(29)18-20(26-19(25-18)15-6-3-4-7-15)27(23(28)31)13-5-14-34-22(30)16-8-10-17(11-9-16)35(24,32)33/h8-11,15H,2-7,12-14H2,1H3/q+1. The number of esters is 1. The molecule has 1 aliphatic carbocycles. The molecule has 12 heteroatoms. The summed E-state index contributed by atoms with van der Waals surface area (Å²) in [5, 5.41) is 0. The lowest BCUT2D eigenvalue weighted by molar-refractivity contribution is -0.436. The summed E-state index contributed by atoms with van der Waals surface area (Å²) >= 11 is 0. The highest BCUT2D eigenvalue weighted by Gasteiger charge is 2.48. The molecule has 1 fully saturated rings. The Bertz CT molecular complexity index is 1250. The summed E-state index contributed by atoms with van der Waals surface area (Å²) < 4.78 is 41.4. The monoisotopic (exact) mass is 505 g/mol. The van der Waals surface area contributed by atoms with E-state index in [1.807, 2.05) is 6.92 Å². The second-order valence-electron chi connectivity index (χ2n) is 8.58. The van der Waals surface area contributed by atoms with E-state index in [1.165, 1.54) is 9.48 Å². The number of aliphatic imine (C=N–C) groups is 2. The third-order valence-electron chi connectivity index (χ3n) is 6.12. The SMILES string of the molecule is CCCN1C(=O)C2=NC(C3CCCC3)=NC2=[N+](CCCOC(=O)c2ccc(S(=O)(=O)F)cc2)C1=O. The number of benzene rings is 1. The fourth-order valence-corrected chi connectivity index (χ4v) is 4.81. The van der Waals surface area contributed by atoms with Gasteiger partial charge >= 0.3 is 34.0 Å². The lowest BCUT2D eigenvalue weighted by atomic mass is 10.1. The number of rotatable bonds is 9. The zero-order valence-electron chi connectivity index (χ0n) is 19.3. The molecule has 0 N–H and O–H groups in total. The summed E-state index contributed by atoms with van der Waals surface area (Å²) in [5.74, 6) is -0.113. The van der Waals surface area contributed by atoms with Crippen LogP contribution >= 0.6 is 0 Å². The van der Waals surface area contributed by atoms with Crippen molar-refractivity contribution in [3.05, 3.63) is 29.8 Å². The maximum absolute atomic E-state index is 13.1. The predicted octanol–water partition coefficient (Wildman–Crippen LogP) is 2.72. The summed E-state index contributed by atoms with van der Waals surface area (Å²) in [7, 11) is -4.85. The van der Waals surface area contributed by atoms with Crippen molar-refractivity contribution in [3.8, 4) is 0 Å².